The third-order valence-electron chi connectivity index (χ3n) is 3.36. The van der Waals surface area contributed by atoms with Crippen LogP contribution in [0.4, 0.5) is 0 Å². The van der Waals surface area contributed by atoms with Gasteiger partial charge in [0.2, 0.25) is 0 Å². The van der Waals surface area contributed by atoms with Crippen molar-refractivity contribution in [2.75, 3.05) is 0 Å². The van der Waals surface area contributed by atoms with Crippen LogP contribution in [0.15, 0.2) is 12.1 Å². The summed E-state index contributed by atoms with van der Waals surface area (Å²) in [5.41, 5.74) is 2.57. The fraction of sp³-hybridized carbons (Fsp3) is 0.400. The minimum atomic E-state index is -0.935. The molecular weight excluding hydrogens is 254 g/mol. The van der Waals surface area contributed by atoms with Crippen molar-refractivity contribution in [3.05, 3.63) is 34.6 Å². The molecule has 1 aromatic carbocycles. The Hall–Kier alpha value is -2.17. The van der Waals surface area contributed by atoms with Gasteiger partial charge in [-0.2, -0.15) is 5.10 Å². The first kappa shape index (κ1) is 14.2. The lowest BCUT2D eigenvalue weighted by molar-refractivity contribution is 0.0697. The zero-order valence-electron chi connectivity index (χ0n) is 12.4. The van der Waals surface area contributed by atoms with E-state index in [2.05, 4.69) is 10.1 Å². The first-order chi connectivity index (χ1) is 9.32. The van der Waals surface area contributed by atoms with Gasteiger partial charge in [0.25, 0.3) is 0 Å². The summed E-state index contributed by atoms with van der Waals surface area (Å²) in [5.74, 6) is 0.593. The Bertz CT molecular complexity index is 672. The van der Waals surface area contributed by atoms with Gasteiger partial charge in [0.05, 0.1) is 5.56 Å². The zero-order valence-corrected chi connectivity index (χ0v) is 12.4. The van der Waals surface area contributed by atoms with E-state index in [4.69, 9.17) is 0 Å². The van der Waals surface area contributed by atoms with Crippen molar-refractivity contribution in [2.45, 2.75) is 33.6 Å². The molecular formula is C15H19N3O2. The van der Waals surface area contributed by atoms with E-state index < -0.39 is 5.97 Å². The van der Waals surface area contributed by atoms with E-state index in [1.54, 1.807) is 18.7 Å². The average molecular weight is 273 g/mol. The second-order valence-electron chi connectivity index (χ2n) is 5.33. The SMILES string of the molecule is Cc1ccc(C)c(-c2nc(C(C)C)nn2C)c1C(=O)O. The third kappa shape index (κ3) is 2.31. The van der Waals surface area contributed by atoms with Crippen LogP contribution >= 0.6 is 0 Å². The van der Waals surface area contributed by atoms with Crippen LogP contribution in [-0.4, -0.2) is 25.8 Å². The van der Waals surface area contributed by atoms with Crippen molar-refractivity contribution in [1.82, 2.24) is 14.8 Å². The van der Waals surface area contributed by atoms with E-state index in [-0.39, 0.29) is 5.92 Å². The molecule has 1 heterocycles. The molecule has 1 aromatic heterocycles. The third-order valence-corrected chi connectivity index (χ3v) is 3.36. The van der Waals surface area contributed by atoms with Gasteiger partial charge >= 0.3 is 5.97 Å². The Kier molecular flexibility index (Phi) is 3.61. The van der Waals surface area contributed by atoms with Gasteiger partial charge in [-0.1, -0.05) is 26.0 Å². The Morgan fingerprint density at radius 3 is 2.35 bits per heavy atom. The van der Waals surface area contributed by atoms with Crippen molar-refractivity contribution < 1.29 is 9.90 Å². The highest BCUT2D eigenvalue weighted by Crippen LogP contribution is 2.29. The number of hydrogen-bond donors (Lipinski definition) is 1. The largest absolute Gasteiger partial charge is 0.478 e. The lowest BCUT2D eigenvalue weighted by atomic mass is 9.96. The smallest absolute Gasteiger partial charge is 0.336 e. The molecule has 0 amide bonds. The number of carbonyl (C=O) groups is 1. The number of aromatic carboxylic acids is 1. The van der Waals surface area contributed by atoms with Gasteiger partial charge in [-0.25, -0.2) is 14.5 Å². The number of carboxylic acid groups (broad SMARTS) is 1. The molecule has 5 nitrogen and oxygen atoms in total. The summed E-state index contributed by atoms with van der Waals surface area (Å²) in [6.07, 6.45) is 0. The molecule has 20 heavy (non-hydrogen) atoms. The van der Waals surface area contributed by atoms with Crippen LogP contribution in [0, 0.1) is 13.8 Å². The second-order valence-corrected chi connectivity index (χ2v) is 5.33. The Morgan fingerprint density at radius 2 is 1.85 bits per heavy atom. The van der Waals surface area contributed by atoms with Crippen molar-refractivity contribution in [2.24, 2.45) is 7.05 Å². The number of nitrogens with zero attached hydrogens (tertiary/aromatic N) is 3. The summed E-state index contributed by atoms with van der Waals surface area (Å²) in [6.45, 7) is 7.72. The number of benzene rings is 1. The minimum Gasteiger partial charge on any atom is -0.478 e. The van der Waals surface area contributed by atoms with Gasteiger partial charge in [-0.05, 0) is 25.0 Å². The lowest BCUT2D eigenvalue weighted by Crippen LogP contribution is -2.07. The maximum atomic E-state index is 11.6. The Morgan fingerprint density at radius 1 is 1.25 bits per heavy atom. The van der Waals surface area contributed by atoms with Gasteiger partial charge in [-0.3, -0.25) is 0 Å². The normalized spacial score (nSPS) is 11.1. The molecule has 0 saturated heterocycles. The fourth-order valence-electron chi connectivity index (χ4n) is 2.24. The first-order valence-corrected chi connectivity index (χ1v) is 6.57. The molecule has 2 rings (SSSR count). The van der Waals surface area contributed by atoms with Crippen LogP contribution in [0.25, 0.3) is 11.4 Å². The van der Waals surface area contributed by atoms with Crippen LogP contribution in [0.1, 0.15) is 47.1 Å². The van der Waals surface area contributed by atoms with E-state index in [9.17, 15) is 9.90 Å². The summed E-state index contributed by atoms with van der Waals surface area (Å²) in [5, 5.41) is 13.9. The number of hydrogen-bond acceptors (Lipinski definition) is 3. The van der Waals surface area contributed by atoms with Crippen molar-refractivity contribution in [1.29, 1.82) is 0 Å². The maximum absolute atomic E-state index is 11.6. The molecule has 0 atom stereocenters. The van der Waals surface area contributed by atoms with Crippen molar-refractivity contribution >= 4 is 5.97 Å². The highest BCUT2D eigenvalue weighted by molar-refractivity contribution is 5.97. The highest BCUT2D eigenvalue weighted by Gasteiger charge is 2.22. The molecule has 0 fully saturated rings. The van der Waals surface area contributed by atoms with Gasteiger partial charge in [0.15, 0.2) is 11.6 Å². The lowest BCUT2D eigenvalue weighted by Gasteiger charge is -2.11. The molecule has 0 radical (unpaired) electrons. The van der Waals surface area contributed by atoms with Gasteiger partial charge < -0.3 is 5.11 Å². The summed E-state index contributed by atoms with van der Waals surface area (Å²) in [4.78, 5) is 16.1. The molecule has 0 bridgehead atoms. The van der Waals surface area contributed by atoms with E-state index in [0.717, 1.165) is 17.0 Å². The minimum absolute atomic E-state index is 0.202. The monoisotopic (exact) mass is 273 g/mol. The molecule has 0 aliphatic heterocycles. The van der Waals surface area contributed by atoms with E-state index in [1.807, 2.05) is 32.9 Å². The first-order valence-electron chi connectivity index (χ1n) is 6.57. The molecule has 1 N–H and O–H groups in total. The Labute approximate surface area is 118 Å². The number of aromatic nitrogens is 3. The quantitative estimate of drug-likeness (QED) is 0.933. The second kappa shape index (κ2) is 5.07. The van der Waals surface area contributed by atoms with Crippen LogP contribution < -0.4 is 0 Å². The zero-order chi connectivity index (χ0) is 15.0. The standard InChI is InChI=1S/C15H19N3O2/c1-8(2)13-16-14(18(5)17-13)11-9(3)6-7-10(4)12(11)15(19)20/h6-8H,1-5H3,(H,19,20). The highest BCUT2D eigenvalue weighted by atomic mass is 16.4. The van der Waals surface area contributed by atoms with E-state index in [0.29, 0.717) is 17.0 Å². The summed E-state index contributed by atoms with van der Waals surface area (Å²) in [7, 11) is 1.79. The van der Waals surface area contributed by atoms with Crippen molar-refractivity contribution in [3.8, 4) is 11.4 Å². The van der Waals surface area contributed by atoms with E-state index in [1.165, 1.54) is 0 Å². The summed E-state index contributed by atoms with van der Waals surface area (Å²) >= 11 is 0. The number of aryl methyl sites for hydroxylation is 3. The molecule has 0 saturated carbocycles. The molecule has 0 unspecified atom stereocenters. The van der Waals surface area contributed by atoms with Gasteiger partial charge in [0, 0.05) is 18.5 Å². The number of rotatable bonds is 3. The molecule has 0 aliphatic rings. The average Bonchev–Trinajstić information content (AvgIpc) is 2.73. The molecule has 0 spiro atoms. The summed E-state index contributed by atoms with van der Waals surface area (Å²) < 4.78 is 1.66. The summed E-state index contributed by atoms with van der Waals surface area (Å²) in [6, 6.07) is 3.74. The van der Waals surface area contributed by atoms with E-state index >= 15 is 0 Å². The molecule has 5 heteroatoms. The topological polar surface area (TPSA) is 68.0 Å². The molecule has 0 aliphatic carbocycles. The predicted molar refractivity (Wildman–Crippen MR) is 77.0 cm³/mol. The van der Waals surface area contributed by atoms with Crippen molar-refractivity contribution in [3.63, 3.8) is 0 Å². The van der Waals surface area contributed by atoms with Gasteiger partial charge in [-0.15, -0.1) is 0 Å². The van der Waals surface area contributed by atoms with Crippen LogP contribution in [0.3, 0.4) is 0 Å². The van der Waals surface area contributed by atoms with Gasteiger partial charge in [0.1, 0.15) is 0 Å². The maximum Gasteiger partial charge on any atom is 0.336 e. The fourth-order valence-corrected chi connectivity index (χ4v) is 2.24. The van der Waals surface area contributed by atoms with Crippen LogP contribution in [-0.2, 0) is 7.05 Å². The predicted octanol–water partition coefficient (Wildman–Crippen LogP) is 2.92. The molecule has 2 aromatic rings. The molecule has 106 valence electrons. The number of carboxylic acids is 1. The Balaban J connectivity index is 2.75. The van der Waals surface area contributed by atoms with Crippen LogP contribution in [0.5, 0.6) is 0 Å². The van der Waals surface area contributed by atoms with Crippen LogP contribution in [0.2, 0.25) is 0 Å².